The molecule has 0 N–H and O–H groups in total. The molecule has 0 aliphatic heterocycles. The van der Waals surface area contributed by atoms with E-state index in [-0.39, 0.29) is 10.1 Å². The Kier molecular flexibility index (Phi) is 6.51. The van der Waals surface area contributed by atoms with Crippen LogP contribution in [0.5, 0.6) is 0 Å². The van der Waals surface area contributed by atoms with E-state index in [1.807, 2.05) is 20.8 Å². The third kappa shape index (κ3) is 4.96. The molecule has 0 saturated heterocycles. The van der Waals surface area contributed by atoms with Gasteiger partial charge in [0.15, 0.2) is 8.32 Å². The third-order valence-corrected chi connectivity index (χ3v) is 16.8. The number of hydrogen-bond donors (Lipinski definition) is 0. The summed E-state index contributed by atoms with van der Waals surface area (Å²) in [7, 11) is -6.87. The summed E-state index contributed by atoms with van der Waals surface area (Å²) in [5.74, 6) is 0. The van der Waals surface area contributed by atoms with E-state index >= 15 is 8.22 Å². The number of nitrogens with zero attached hydrogens (tertiary/aromatic N) is 1. The van der Waals surface area contributed by atoms with Crippen molar-refractivity contribution in [3.63, 3.8) is 0 Å². The predicted octanol–water partition coefficient (Wildman–Crippen LogP) is 5.91. The lowest BCUT2D eigenvalue weighted by molar-refractivity contribution is 0.355. The molecule has 1 radical (unpaired) electrons. The van der Waals surface area contributed by atoms with Crippen molar-refractivity contribution in [1.82, 2.24) is 4.23 Å². The molecule has 0 bridgehead atoms. The Morgan fingerprint density at radius 1 is 0.818 bits per heavy atom. The van der Waals surface area contributed by atoms with Gasteiger partial charge in [-0.2, -0.15) is 0 Å². The van der Waals surface area contributed by atoms with Gasteiger partial charge >= 0.3 is 8.90 Å². The molecule has 2 nitrogen and oxygen atoms in total. The van der Waals surface area contributed by atoms with Crippen molar-refractivity contribution in [3.05, 3.63) is 0 Å². The van der Waals surface area contributed by atoms with E-state index in [4.69, 9.17) is 4.12 Å². The van der Waals surface area contributed by atoms with E-state index in [1.165, 1.54) is 4.23 Å². The Morgan fingerprint density at radius 2 is 1.18 bits per heavy atom. The van der Waals surface area contributed by atoms with E-state index in [0.717, 1.165) is 0 Å². The zero-order valence-electron chi connectivity index (χ0n) is 16.6. The maximum Gasteiger partial charge on any atom is 0.507 e. The lowest BCUT2D eigenvalue weighted by atomic mass is 10.2. The highest BCUT2D eigenvalue weighted by atomic mass is 28.5. The van der Waals surface area contributed by atoms with E-state index in [0.29, 0.717) is 0 Å². The normalized spacial score (nSPS) is 15.8. The molecule has 0 aromatic carbocycles. The molecule has 0 rings (SSSR count). The molecule has 0 fully saturated rings. The van der Waals surface area contributed by atoms with Crippen LogP contribution >= 0.6 is 0 Å². The predicted molar refractivity (Wildman–Crippen MR) is 99.2 cm³/mol. The largest absolute Gasteiger partial charge is 0.507 e. The Balaban J connectivity index is 5.71. The van der Waals surface area contributed by atoms with Crippen molar-refractivity contribution in [2.75, 3.05) is 7.05 Å². The van der Waals surface area contributed by atoms with Crippen LogP contribution in [0.2, 0.25) is 28.2 Å². The summed E-state index contributed by atoms with van der Waals surface area (Å²) in [6, 6.07) is 0. The van der Waals surface area contributed by atoms with Gasteiger partial charge < -0.3 is 4.12 Å². The van der Waals surface area contributed by atoms with Gasteiger partial charge in [-0.25, -0.2) is 0 Å². The van der Waals surface area contributed by atoms with Crippen molar-refractivity contribution in [2.45, 2.75) is 90.5 Å². The van der Waals surface area contributed by atoms with E-state index in [2.05, 4.69) is 33.9 Å². The van der Waals surface area contributed by atoms with Crippen molar-refractivity contribution in [2.24, 2.45) is 0 Å². The first-order chi connectivity index (χ1) is 9.25. The van der Waals surface area contributed by atoms with E-state index in [9.17, 15) is 0 Å². The molecule has 7 heteroatoms. The number of rotatable bonds is 4. The summed E-state index contributed by atoms with van der Waals surface area (Å²) >= 11 is 0. The first-order valence-electron chi connectivity index (χ1n) is 7.93. The first-order valence-corrected chi connectivity index (χ1v) is 13.9. The second kappa shape index (κ2) is 6.38. The maximum absolute atomic E-state index is 15.0. The summed E-state index contributed by atoms with van der Waals surface area (Å²) in [4.78, 5) is 0. The van der Waals surface area contributed by atoms with Crippen molar-refractivity contribution in [1.29, 1.82) is 0 Å². The molecular weight excluding hydrogens is 332 g/mol. The van der Waals surface area contributed by atoms with E-state index < -0.39 is 31.5 Å². The number of hydrogen-bond acceptors (Lipinski definition) is 2. The molecule has 0 aromatic rings. The van der Waals surface area contributed by atoms with Gasteiger partial charge in [0.05, 0.1) is 0 Å². The van der Waals surface area contributed by atoms with Crippen LogP contribution in [0.15, 0.2) is 0 Å². The summed E-state index contributed by atoms with van der Waals surface area (Å²) in [5.41, 5.74) is 0. The summed E-state index contributed by atoms with van der Waals surface area (Å²) in [6.07, 6.45) is 0. The highest BCUT2D eigenvalue weighted by Crippen LogP contribution is 2.46. The molecule has 133 valence electrons. The smallest absolute Gasteiger partial charge is 0.443 e. The minimum Gasteiger partial charge on any atom is -0.443 e. The zero-order valence-corrected chi connectivity index (χ0v) is 19.6. The van der Waals surface area contributed by atoms with Crippen molar-refractivity contribution >= 4 is 26.4 Å². The van der Waals surface area contributed by atoms with Gasteiger partial charge in [-0.1, -0.05) is 62.3 Å². The SMILES string of the molecule is CN([Si](O[Si](C)(C)C(C)(C)C)C(C)(C)C)[Si](F)(F)C(C)(C)C. The van der Waals surface area contributed by atoms with Gasteiger partial charge in [0.25, 0.3) is 9.20 Å². The van der Waals surface area contributed by atoms with Crippen LogP contribution in [0.3, 0.4) is 0 Å². The zero-order chi connectivity index (χ0) is 18.4. The first kappa shape index (κ1) is 22.4. The molecule has 0 spiro atoms. The molecule has 0 aromatic heterocycles. The fourth-order valence-corrected chi connectivity index (χ4v) is 12.1. The Morgan fingerprint density at radius 3 is 1.41 bits per heavy atom. The quantitative estimate of drug-likeness (QED) is 0.452. The Bertz CT molecular complexity index is 382. The van der Waals surface area contributed by atoms with Crippen LogP contribution in [-0.4, -0.2) is 37.7 Å². The van der Waals surface area contributed by atoms with Gasteiger partial charge in [-0.15, -0.1) is 0 Å². The monoisotopic (exact) mass is 368 g/mol. The Labute approximate surface area is 141 Å². The van der Waals surface area contributed by atoms with Crippen LogP contribution in [-0.2, 0) is 4.12 Å². The summed E-state index contributed by atoms with van der Waals surface area (Å²) in [6.45, 7) is 21.8. The molecule has 0 amide bonds. The van der Waals surface area contributed by atoms with Gasteiger partial charge in [-0.3, -0.25) is 12.4 Å². The average Bonchev–Trinajstić information content (AvgIpc) is 2.20. The fourth-order valence-electron chi connectivity index (χ4n) is 1.75. The van der Waals surface area contributed by atoms with Crippen LogP contribution < -0.4 is 0 Å². The topological polar surface area (TPSA) is 12.5 Å². The summed E-state index contributed by atoms with van der Waals surface area (Å²) < 4.78 is 37.9. The highest BCUT2D eigenvalue weighted by molar-refractivity contribution is 6.84. The lowest BCUT2D eigenvalue weighted by Crippen LogP contribution is -2.64. The second-order valence-corrected chi connectivity index (χ2v) is 21.6. The van der Waals surface area contributed by atoms with Gasteiger partial charge in [-0.05, 0) is 30.2 Å². The standard InChI is InChI=1S/C15H36F2NOSi3/c1-13(2,3)20(19-21(11,12)14(4,5)6)18(10)22(16,17)15(7,8)9/h1-12H3. The molecule has 0 aliphatic rings. The van der Waals surface area contributed by atoms with Crippen LogP contribution in [0.1, 0.15) is 62.3 Å². The minimum absolute atomic E-state index is 0.0214. The number of halogens is 2. The molecule has 0 unspecified atom stereocenters. The van der Waals surface area contributed by atoms with E-state index in [1.54, 1.807) is 27.8 Å². The van der Waals surface area contributed by atoms with Crippen molar-refractivity contribution in [3.8, 4) is 0 Å². The Hall–Kier alpha value is 0.431. The van der Waals surface area contributed by atoms with Gasteiger partial charge in [0.1, 0.15) is 0 Å². The van der Waals surface area contributed by atoms with Gasteiger partial charge in [0.2, 0.25) is 0 Å². The second-order valence-electron chi connectivity index (χ2n) is 9.77. The average molecular weight is 369 g/mol. The maximum atomic E-state index is 15.0. The molecule has 0 saturated carbocycles. The highest BCUT2D eigenvalue weighted by Gasteiger charge is 2.59. The molecular formula is C15H36F2NOSi3. The molecule has 0 heterocycles. The van der Waals surface area contributed by atoms with Crippen LogP contribution in [0.4, 0.5) is 8.22 Å². The molecule has 22 heavy (non-hydrogen) atoms. The minimum atomic E-state index is -4.56. The van der Waals surface area contributed by atoms with Crippen LogP contribution in [0.25, 0.3) is 0 Å². The van der Waals surface area contributed by atoms with Gasteiger partial charge in [0, 0.05) is 5.04 Å². The lowest BCUT2D eigenvalue weighted by Gasteiger charge is -2.47. The molecule has 0 aliphatic carbocycles. The van der Waals surface area contributed by atoms with Crippen molar-refractivity contribution < 1.29 is 12.3 Å². The fraction of sp³-hybridized carbons (Fsp3) is 1.00. The molecule has 0 atom stereocenters. The van der Waals surface area contributed by atoms with Crippen LogP contribution in [0, 0.1) is 0 Å². The summed E-state index contributed by atoms with van der Waals surface area (Å²) in [5, 5.41) is -1.23. The third-order valence-electron chi connectivity index (χ3n) is 4.43.